The Bertz CT molecular complexity index is 433. The van der Waals surface area contributed by atoms with Gasteiger partial charge in [-0.1, -0.05) is 6.92 Å². The molecule has 0 saturated heterocycles. The maximum absolute atomic E-state index is 11.5. The maximum atomic E-state index is 11.5. The molecule has 0 saturated carbocycles. The van der Waals surface area contributed by atoms with Crippen LogP contribution in [0.1, 0.15) is 23.7 Å². The highest BCUT2D eigenvalue weighted by Gasteiger charge is 2.20. The lowest BCUT2D eigenvalue weighted by Crippen LogP contribution is -2.30. The Morgan fingerprint density at radius 1 is 1.50 bits per heavy atom. The highest BCUT2D eigenvalue weighted by molar-refractivity contribution is 7.11. The van der Waals surface area contributed by atoms with Gasteiger partial charge in [0.15, 0.2) is 5.82 Å². The van der Waals surface area contributed by atoms with Crippen molar-refractivity contribution in [2.24, 2.45) is 0 Å². The van der Waals surface area contributed by atoms with E-state index in [4.69, 9.17) is 5.73 Å². The van der Waals surface area contributed by atoms with Crippen LogP contribution in [0.2, 0.25) is 0 Å². The Hall–Kier alpha value is -1.83. The summed E-state index contributed by atoms with van der Waals surface area (Å²) in [5.41, 5.74) is 5.73. The molecular formula is C10H16N4O3S. The van der Waals surface area contributed by atoms with Crippen molar-refractivity contribution in [3.8, 4) is 0 Å². The molecule has 0 aliphatic carbocycles. The van der Waals surface area contributed by atoms with Crippen LogP contribution in [-0.2, 0) is 9.53 Å². The monoisotopic (exact) mass is 272 g/mol. The van der Waals surface area contributed by atoms with Crippen LogP contribution in [0.3, 0.4) is 0 Å². The number of nitrogens with one attached hydrogen (secondary N) is 2. The number of aromatic nitrogens is 1. The van der Waals surface area contributed by atoms with E-state index in [2.05, 4.69) is 19.7 Å². The van der Waals surface area contributed by atoms with E-state index >= 15 is 0 Å². The number of anilines is 2. The minimum atomic E-state index is -0.572. The van der Waals surface area contributed by atoms with Crippen molar-refractivity contribution in [1.29, 1.82) is 0 Å². The first-order chi connectivity index (χ1) is 8.60. The third-order valence-electron chi connectivity index (χ3n) is 2.09. The average molecular weight is 272 g/mol. The zero-order chi connectivity index (χ0) is 13.5. The fourth-order valence-electron chi connectivity index (χ4n) is 1.21. The molecule has 0 atom stereocenters. The largest absolute Gasteiger partial charge is 0.465 e. The molecule has 1 aromatic heterocycles. The van der Waals surface area contributed by atoms with Crippen molar-refractivity contribution in [2.45, 2.75) is 13.3 Å². The van der Waals surface area contributed by atoms with Gasteiger partial charge in [0, 0.05) is 6.54 Å². The fraction of sp³-hybridized carbons (Fsp3) is 0.500. The predicted molar refractivity (Wildman–Crippen MR) is 69.7 cm³/mol. The number of esters is 1. The summed E-state index contributed by atoms with van der Waals surface area (Å²) in [6.07, 6.45) is 0.868. The van der Waals surface area contributed by atoms with Gasteiger partial charge in [0.05, 0.1) is 13.7 Å². The smallest absolute Gasteiger partial charge is 0.344 e. The van der Waals surface area contributed by atoms with E-state index < -0.39 is 5.97 Å². The molecule has 100 valence electrons. The van der Waals surface area contributed by atoms with Gasteiger partial charge in [-0.25, -0.2) is 4.79 Å². The van der Waals surface area contributed by atoms with Crippen molar-refractivity contribution in [2.75, 3.05) is 31.2 Å². The summed E-state index contributed by atoms with van der Waals surface area (Å²) >= 11 is 1.02. The molecule has 1 aromatic rings. The molecule has 0 aliphatic heterocycles. The molecule has 7 nitrogen and oxygen atoms in total. The molecule has 1 heterocycles. The third-order valence-corrected chi connectivity index (χ3v) is 2.91. The van der Waals surface area contributed by atoms with Gasteiger partial charge in [0.2, 0.25) is 5.91 Å². The second kappa shape index (κ2) is 6.80. The molecule has 18 heavy (non-hydrogen) atoms. The van der Waals surface area contributed by atoms with Crippen molar-refractivity contribution in [3.63, 3.8) is 0 Å². The molecule has 0 fully saturated rings. The third kappa shape index (κ3) is 3.59. The summed E-state index contributed by atoms with van der Waals surface area (Å²) in [4.78, 5) is 22.9. The molecular weight excluding hydrogens is 256 g/mol. The summed E-state index contributed by atoms with van der Waals surface area (Å²) in [5.74, 6) is -0.624. The van der Waals surface area contributed by atoms with Crippen molar-refractivity contribution < 1.29 is 14.3 Å². The summed E-state index contributed by atoms with van der Waals surface area (Å²) < 4.78 is 8.45. The van der Waals surface area contributed by atoms with E-state index in [-0.39, 0.29) is 23.8 Å². The van der Waals surface area contributed by atoms with Crippen LogP contribution in [0, 0.1) is 0 Å². The summed E-state index contributed by atoms with van der Waals surface area (Å²) in [5, 5.41) is 5.96. The number of ether oxygens (including phenoxy) is 1. The first kappa shape index (κ1) is 14.2. The number of carbonyl (C=O) groups excluding carboxylic acids is 2. The molecule has 4 N–H and O–H groups in total. The lowest BCUT2D eigenvalue weighted by Gasteiger charge is -2.06. The zero-order valence-corrected chi connectivity index (χ0v) is 11.1. The Morgan fingerprint density at radius 2 is 2.22 bits per heavy atom. The predicted octanol–water partition coefficient (Wildman–Crippen LogP) is 0.450. The van der Waals surface area contributed by atoms with E-state index in [0.717, 1.165) is 18.0 Å². The summed E-state index contributed by atoms with van der Waals surface area (Å²) in [7, 11) is 1.26. The molecule has 0 unspecified atom stereocenters. The summed E-state index contributed by atoms with van der Waals surface area (Å²) in [6.45, 7) is 2.65. The Morgan fingerprint density at radius 3 is 2.83 bits per heavy atom. The standard InChI is InChI=1S/C10H16N4O3S/c1-3-4-12-6(15)5-13-9-7(10(16)17-2)8(11)14-18-9/h13H,3-5H2,1-2H3,(H2,11,14)(H,12,15). The first-order valence-electron chi connectivity index (χ1n) is 5.44. The van der Waals surface area contributed by atoms with Crippen LogP contribution < -0.4 is 16.4 Å². The highest BCUT2D eigenvalue weighted by Crippen LogP contribution is 2.26. The topological polar surface area (TPSA) is 106 Å². The van der Waals surface area contributed by atoms with Gasteiger partial charge in [-0.05, 0) is 18.0 Å². The lowest BCUT2D eigenvalue weighted by molar-refractivity contribution is -0.119. The number of amides is 1. The number of nitrogens with zero attached hydrogens (tertiary/aromatic N) is 1. The minimum absolute atomic E-state index is 0.0611. The fourth-order valence-corrected chi connectivity index (χ4v) is 1.91. The van der Waals surface area contributed by atoms with E-state index in [1.54, 1.807) is 0 Å². The quantitative estimate of drug-likeness (QED) is 0.649. The average Bonchev–Trinajstić information content (AvgIpc) is 2.74. The van der Waals surface area contributed by atoms with Gasteiger partial charge in [-0.3, -0.25) is 4.79 Å². The number of methoxy groups -OCH3 is 1. The number of nitrogen functional groups attached to an aromatic ring is 1. The van der Waals surface area contributed by atoms with E-state index in [1.807, 2.05) is 6.92 Å². The SMILES string of the molecule is CCCNC(=O)CNc1snc(N)c1C(=O)OC. The van der Waals surface area contributed by atoms with Crippen LogP contribution in [0.4, 0.5) is 10.8 Å². The molecule has 8 heteroatoms. The number of hydrogen-bond acceptors (Lipinski definition) is 7. The maximum Gasteiger partial charge on any atom is 0.344 e. The molecule has 1 amide bonds. The summed E-state index contributed by atoms with van der Waals surface area (Å²) in [6, 6.07) is 0. The van der Waals surface area contributed by atoms with Gasteiger partial charge >= 0.3 is 5.97 Å². The van der Waals surface area contributed by atoms with Gasteiger partial charge in [0.1, 0.15) is 10.6 Å². The molecule has 0 aromatic carbocycles. The lowest BCUT2D eigenvalue weighted by atomic mass is 10.3. The van der Waals surface area contributed by atoms with Gasteiger partial charge in [0.25, 0.3) is 0 Å². The second-order valence-corrected chi connectivity index (χ2v) is 4.24. The van der Waals surface area contributed by atoms with Gasteiger partial charge in [-0.15, -0.1) is 0 Å². The molecule has 0 radical (unpaired) electrons. The zero-order valence-electron chi connectivity index (χ0n) is 10.3. The Kier molecular flexibility index (Phi) is 5.37. The molecule has 0 bridgehead atoms. The van der Waals surface area contributed by atoms with Crippen LogP contribution in [0.25, 0.3) is 0 Å². The second-order valence-electron chi connectivity index (χ2n) is 3.47. The number of carbonyl (C=O) groups is 2. The van der Waals surface area contributed by atoms with Crippen LogP contribution in [0.5, 0.6) is 0 Å². The van der Waals surface area contributed by atoms with Crippen LogP contribution in [0.15, 0.2) is 0 Å². The van der Waals surface area contributed by atoms with Crippen molar-refractivity contribution >= 4 is 34.2 Å². The highest BCUT2D eigenvalue weighted by atomic mass is 32.1. The van der Waals surface area contributed by atoms with Crippen LogP contribution >= 0.6 is 11.5 Å². The van der Waals surface area contributed by atoms with E-state index in [1.165, 1.54) is 7.11 Å². The van der Waals surface area contributed by atoms with Crippen molar-refractivity contribution in [1.82, 2.24) is 9.69 Å². The van der Waals surface area contributed by atoms with Crippen molar-refractivity contribution in [3.05, 3.63) is 5.56 Å². The normalized spacial score (nSPS) is 9.89. The van der Waals surface area contributed by atoms with E-state index in [9.17, 15) is 9.59 Å². The molecule has 1 rings (SSSR count). The van der Waals surface area contributed by atoms with Gasteiger partial charge < -0.3 is 21.1 Å². The molecule has 0 spiro atoms. The van der Waals surface area contributed by atoms with Crippen LogP contribution in [-0.4, -0.2) is 36.4 Å². The van der Waals surface area contributed by atoms with E-state index in [0.29, 0.717) is 11.5 Å². The first-order valence-corrected chi connectivity index (χ1v) is 6.21. The molecule has 0 aliphatic rings. The Balaban J connectivity index is 2.62. The number of rotatable bonds is 6. The number of nitrogens with two attached hydrogens (primary N) is 1. The Labute approximate surface area is 109 Å². The minimum Gasteiger partial charge on any atom is -0.465 e. The number of hydrogen-bond donors (Lipinski definition) is 3. The van der Waals surface area contributed by atoms with Gasteiger partial charge in [-0.2, -0.15) is 4.37 Å².